The highest BCUT2D eigenvalue weighted by atomic mass is 35.5. The standard InChI is InChI=1S/C13H18ClN3O2/c1-3-10-8-19-5-4-17(10)13(18)9-6-11(14)16-12(7-9)15-2/h6-7,10H,3-5,8H2,1-2H3,(H,15,16). The number of ether oxygens (including phenoxy) is 1. The summed E-state index contributed by atoms with van der Waals surface area (Å²) in [6, 6.07) is 3.45. The topological polar surface area (TPSA) is 54.5 Å². The summed E-state index contributed by atoms with van der Waals surface area (Å²) in [5.74, 6) is 0.577. The molecule has 5 nitrogen and oxygen atoms in total. The molecule has 1 aromatic heterocycles. The molecule has 1 aromatic rings. The Labute approximate surface area is 117 Å². The number of hydrogen-bond donors (Lipinski definition) is 1. The number of pyridine rings is 1. The number of amides is 1. The molecule has 0 aromatic carbocycles. The van der Waals surface area contributed by atoms with Gasteiger partial charge < -0.3 is 15.0 Å². The van der Waals surface area contributed by atoms with Gasteiger partial charge in [0.05, 0.1) is 19.3 Å². The largest absolute Gasteiger partial charge is 0.377 e. The summed E-state index contributed by atoms with van der Waals surface area (Å²) in [7, 11) is 1.75. The van der Waals surface area contributed by atoms with Crippen LogP contribution in [-0.4, -0.2) is 48.6 Å². The van der Waals surface area contributed by atoms with Crippen LogP contribution >= 0.6 is 11.6 Å². The fourth-order valence-electron chi connectivity index (χ4n) is 2.17. The van der Waals surface area contributed by atoms with Crippen LogP contribution in [0.15, 0.2) is 12.1 Å². The molecule has 0 saturated carbocycles. The Hall–Kier alpha value is -1.33. The molecule has 1 aliphatic heterocycles. The van der Waals surface area contributed by atoms with Crippen molar-refractivity contribution >= 4 is 23.3 Å². The SMILES string of the molecule is CCC1COCCN1C(=O)c1cc(Cl)nc(NC)c1. The van der Waals surface area contributed by atoms with Gasteiger partial charge in [0.15, 0.2) is 0 Å². The molecule has 2 heterocycles. The van der Waals surface area contributed by atoms with E-state index in [0.717, 1.165) is 6.42 Å². The van der Waals surface area contributed by atoms with Gasteiger partial charge in [0.2, 0.25) is 0 Å². The normalized spacial score (nSPS) is 19.3. The average molecular weight is 284 g/mol. The number of carbonyl (C=O) groups is 1. The number of aromatic nitrogens is 1. The maximum absolute atomic E-state index is 12.5. The Morgan fingerprint density at radius 2 is 2.42 bits per heavy atom. The molecule has 1 aliphatic rings. The molecule has 104 valence electrons. The molecule has 6 heteroatoms. The monoisotopic (exact) mass is 283 g/mol. The molecule has 0 aliphatic carbocycles. The molecule has 1 amide bonds. The Kier molecular flexibility index (Phi) is 4.61. The van der Waals surface area contributed by atoms with Crippen LogP contribution in [0, 0.1) is 0 Å². The van der Waals surface area contributed by atoms with E-state index in [1.165, 1.54) is 0 Å². The molecular formula is C13H18ClN3O2. The van der Waals surface area contributed by atoms with E-state index in [1.807, 2.05) is 4.90 Å². The number of carbonyl (C=O) groups excluding carboxylic acids is 1. The predicted molar refractivity (Wildman–Crippen MR) is 74.7 cm³/mol. The Morgan fingerprint density at radius 3 is 3.11 bits per heavy atom. The van der Waals surface area contributed by atoms with E-state index in [0.29, 0.717) is 36.3 Å². The van der Waals surface area contributed by atoms with Crippen molar-refractivity contribution in [1.29, 1.82) is 0 Å². The number of nitrogens with zero attached hydrogens (tertiary/aromatic N) is 2. The molecule has 0 radical (unpaired) electrons. The van der Waals surface area contributed by atoms with Gasteiger partial charge in [-0.2, -0.15) is 0 Å². The van der Waals surface area contributed by atoms with Crippen molar-refractivity contribution in [3.63, 3.8) is 0 Å². The summed E-state index contributed by atoms with van der Waals surface area (Å²) >= 11 is 5.94. The molecule has 1 fully saturated rings. The Balaban J connectivity index is 2.24. The van der Waals surface area contributed by atoms with E-state index >= 15 is 0 Å². The summed E-state index contributed by atoms with van der Waals surface area (Å²) in [5, 5.41) is 3.22. The lowest BCUT2D eigenvalue weighted by molar-refractivity contribution is -0.00279. The molecule has 1 unspecified atom stereocenters. The van der Waals surface area contributed by atoms with Gasteiger partial charge in [-0.1, -0.05) is 18.5 Å². The van der Waals surface area contributed by atoms with Crippen LogP contribution in [-0.2, 0) is 4.74 Å². The summed E-state index contributed by atoms with van der Waals surface area (Å²) in [4.78, 5) is 18.5. The minimum Gasteiger partial charge on any atom is -0.377 e. The first-order chi connectivity index (χ1) is 9.15. The van der Waals surface area contributed by atoms with Gasteiger partial charge in [-0.05, 0) is 18.6 Å². The van der Waals surface area contributed by atoms with E-state index in [4.69, 9.17) is 16.3 Å². The molecule has 0 spiro atoms. The molecule has 1 N–H and O–H groups in total. The maximum atomic E-state index is 12.5. The zero-order valence-electron chi connectivity index (χ0n) is 11.1. The minimum absolute atomic E-state index is 0.0176. The number of anilines is 1. The number of morpholine rings is 1. The lowest BCUT2D eigenvalue weighted by Gasteiger charge is -2.35. The second-order valence-corrected chi connectivity index (χ2v) is 4.84. The van der Waals surface area contributed by atoms with Crippen LogP contribution in [0.3, 0.4) is 0 Å². The summed E-state index contributed by atoms with van der Waals surface area (Å²) in [5.41, 5.74) is 0.560. The van der Waals surface area contributed by atoms with Crippen molar-refractivity contribution < 1.29 is 9.53 Å². The van der Waals surface area contributed by atoms with E-state index in [1.54, 1.807) is 19.2 Å². The minimum atomic E-state index is -0.0176. The maximum Gasteiger partial charge on any atom is 0.254 e. The first kappa shape index (κ1) is 14.1. The van der Waals surface area contributed by atoms with Crippen LogP contribution in [0.2, 0.25) is 5.15 Å². The fraction of sp³-hybridized carbons (Fsp3) is 0.538. The van der Waals surface area contributed by atoms with Crippen molar-refractivity contribution in [2.45, 2.75) is 19.4 Å². The second kappa shape index (κ2) is 6.21. The van der Waals surface area contributed by atoms with E-state index in [-0.39, 0.29) is 11.9 Å². The van der Waals surface area contributed by atoms with Crippen LogP contribution in [0.4, 0.5) is 5.82 Å². The highest BCUT2D eigenvalue weighted by molar-refractivity contribution is 6.29. The molecular weight excluding hydrogens is 266 g/mol. The molecule has 0 bridgehead atoms. The van der Waals surface area contributed by atoms with E-state index < -0.39 is 0 Å². The molecule has 1 atom stereocenters. The van der Waals surface area contributed by atoms with Gasteiger partial charge in [0.25, 0.3) is 5.91 Å². The second-order valence-electron chi connectivity index (χ2n) is 4.45. The van der Waals surface area contributed by atoms with E-state index in [9.17, 15) is 4.79 Å². The highest BCUT2D eigenvalue weighted by Crippen LogP contribution is 2.19. The predicted octanol–water partition coefficient (Wildman–Crippen LogP) is 2.03. The number of halogens is 1. The summed E-state index contributed by atoms with van der Waals surface area (Å²) in [6.45, 7) is 3.85. The zero-order valence-corrected chi connectivity index (χ0v) is 11.9. The first-order valence-corrected chi connectivity index (χ1v) is 6.77. The molecule has 1 saturated heterocycles. The third kappa shape index (κ3) is 3.16. The van der Waals surface area contributed by atoms with Crippen molar-refractivity contribution in [3.8, 4) is 0 Å². The third-order valence-corrected chi connectivity index (χ3v) is 3.45. The lowest BCUT2D eigenvalue weighted by atomic mass is 10.1. The Bertz CT molecular complexity index is 467. The Morgan fingerprint density at radius 1 is 1.63 bits per heavy atom. The number of nitrogens with one attached hydrogen (secondary N) is 1. The smallest absolute Gasteiger partial charge is 0.254 e. The van der Waals surface area contributed by atoms with Crippen molar-refractivity contribution in [3.05, 3.63) is 22.8 Å². The summed E-state index contributed by atoms with van der Waals surface area (Å²) in [6.07, 6.45) is 0.878. The van der Waals surface area contributed by atoms with Gasteiger partial charge in [0.1, 0.15) is 11.0 Å². The van der Waals surface area contributed by atoms with Gasteiger partial charge in [0, 0.05) is 19.2 Å². The lowest BCUT2D eigenvalue weighted by Crippen LogP contribution is -2.48. The van der Waals surface area contributed by atoms with Gasteiger partial charge >= 0.3 is 0 Å². The van der Waals surface area contributed by atoms with Gasteiger partial charge in [-0.3, -0.25) is 4.79 Å². The zero-order chi connectivity index (χ0) is 13.8. The third-order valence-electron chi connectivity index (χ3n) is 3.26. The molecule has 2 rings (SSSR count). The van der Waals surface area contributed by atoms with Crippen molar-refractivity contribution in [1.82, 2.24) is 9.88 Å². The highest BCUT2D eigenvalue weighted by Gasteiger charge is 2.27. The fourth-order valence-corrected chi connectivity index (χ4v) is 2.38. The summed E-state index contributed by atoms with van der Waals surface area (Å²) < 4.78 is 5.41. The number of rotatable bonds is 3. The van der Waals surface area contributed by atoms with Gasteiger partial charge in [-0.25, -0.2) is 4.98 Å². The molecule has 19 heavy (non-hydrogen) atoms. The average Bonchev–Trinajstić information content (AvgIpc) is 2.45. The number of hydrogen-bond acceptors (Lipinski definition) is 4. The van der Waals surface area contributed by atoms with Crippen LogP contribution in [0.5, 0.6) is 0 Å². The quantitative estimate of drug-likeness (QED) is 0.863. The van der Waals surface area contributed by atoms with Crippen molar-refractivity contribution in [2.75, 3.05) is 32.1 Å². The van der Waals surface area contributed by atoms with Crippen LogP contribution in [0.1, 0.15) is 23.7 Å². The van der Waals surface area contributed by atoms with Crippen LogP contribution < -0.4 is 5.32 Å². The van der Waals surface area contributed by atoms with Crippen molar-refractivity contribution in [2.24, 2.45) is 0 Å². The van der Waals surface area contributed by atoms with E-state index in [2.05, 4.69) is 17.2 Å². The van der Waals surface area contributed by atoms with Crippen LogP contribution in [0.25, 0.3) is 0 Å². The van der Waals surface area contributed by atoms with Gasteiger partial charge in [-0.15, -0.1) is 0 Å². The first-order valence-electron chi connectivity index (χ1n) is 6.39.